The Labute approximate surface area is 127 Å². The van der Waals surface area contributed by atoms with E-state index in [0.29, 0.717) is 16.7 Å². The number of rotatable bonds is 0. The van der Waals surface area contributed by atoms with Gasteiger partial charge in [-0.15, -0.1) is 0 Å². The third kappa shape index (κ3) is 1.87. The standard InChI is InChI=1S/C19H26O2/c1-18(2)7-4-8-19(3)14-11-15-13(10-17(20)21-15)9-12(14)5-6-16(18)19/h9-10,14-16H,4-8,11H2,1-3H3/t14-,15-,16-,19+/m0/s1. The second kappa shape index (κ2) is 4.24. The van der Waals surface area contributed by atoms with E-state index in [1.165, 1.54) is 32.1 Å². The van der Waals surface area contributed by atoms with Gasteiger partial charge in [-0.3, -0.25) is 0 Å². The average molecular weight is 286 g/mol. The van der Waals surface area contributed by atoms with Crippen LogP contribution in [0, 0.1) is 22.7 Å². The van der Waals surface area contributed by atoms with E-state index in [0.717, 1.165) is 17.9 Å². The van der Waals surface area contributed by atoms with E-state index >= 15 is 0 Å². The second-order valence-electron chi connectivity index (χ2n) is 8.52. The summed E-state index contributed by atoms with van der Waals surface area (Å²) in [5.74, 6) is 1.28. The lowest BCUT2D eigenvalue weighted by Gasteiger charge is -2.59. The molecule has 0 aromatic heterocycles. The van der Waals surface area contributed by atoms with Crippen molar-refractivity contribution < 1.29 is 9.53 Å². The highest BCUT2D eigenvalue weighted by Gasteiger charge is 2.54. The molecule has 0 unspecified atom stereocenters. The molecule has 0 radical (unpaired) electrons. The van der Waals surface area contributed by atoms with Gasteiger partial charge in [0.2, 0.25) is 0 Å². The number of fused-ring (bicyclic) bond motifs is 4. The third-order valence-electron chi connectivity index (χ3n) is 6.96. The first-order valence-corrected chi connectivity index (χ1v) is 8.53. The number of ether oxygens (including phenoxy) is 1. The van der Waals surface area contributed by atoms with E-state index in [-0.39, 0.29) is 12.1 Å². The SMILES string of the molecule is CC1(C)CCC[C@]2(C)[C@H]3C[C@@H]4OC(=O)C=C4C=C3CC[C@@H]12. The Bertz CT molecular complexity index is 554. The lowest BCUT2D eigenvalue weighted by atomic mass is 9.46. The van der Waals surface area contributed by atoms with E-state index in [9.17, 15) is 4.79 Å². The van der Waals surface area contributed by atoms with Gasteiger partial charge < -0.3 is 4.74 Å². The van der Waals surface area contributed by atoms with Crippen molar-refractivity contribution in [2.75, 3.05) is 0 Å². The van der Waals surface area contributed by atoms with Crippen molar-refractivity contribution in [1.82, 2.24) is 0 Å². The van der Waals surface area contributed by atoms with Gasteiger partial charge in [0.15, 0.2) is 0 Å². The molecule has 2 nitrogen and oxygen atoms in total. The Kier molecular flexibility index (Phi) is 2.75. The van der Waals surface area contributed by atoms with Crippen LogP contribution in [0.4, 0.5) is 0 Å². The molecule has 114 valence electrons. The van der Waals surface area contributed by atoms with Gasteiger partial charge in [-0.25, -0.2) is 4.79 Å². The summed E-state index contributed by atoms with van der Waals surface area (Å²) in [5.41, 5.74) is 3.57. The molecule has 4 rings (SSSR count). The second-order valence-corrected chi connectivity index (χ2v) is 8.52. The van der Waals surface area contributed by atoms with Crippen molar-refractivity contribution >= 4 is 5.97 Å². The van der Waals surface area contributed by atoms with Crippen molar-refractivity contribution in [2.45, 2.75) is 65.4 Å². The van der Waals surface area contributed by atoms with Crippen LogP contribution in [0.3, 0.4) is 0 Å². The third-order valence-corrected chi connectivity index (χ3v) is 6.96. The molecule has 1 aliphatic heterocycles. The molecule has 0 saturated heterocycles. The number of carbonyl (C=O) groups is 1. The fourth-order valence-electron chi connectivity index (χ4n) is 6.02. The van der Waals surface area contributed by atoms with Gasteiger partial charge in [0.25, 0.3) is 0 Å². The number of esters is 1. The molecular weight excluding hydrogens is 260 g/mol. The molecule has 2 heteroatoms. The zero-order valence-electron chi connectivity index (χ0n) is 13.4. The Hall–Kier alpha value is -1.05. The number of allylic oxidation sites excluding steroid dienone is 1. The molecule has 4 atom stereocenters. The van der Waals surface area contributed by atoms with Gasteiger partial charge >= 0.3 is 5.97 Å². The molecular formula is C19H26O2. The fourth-order valence-corrected chi connectivity index (χ4v) is 6.02. The fraction of sp³-hybridized carbons (Fsp3) is 0.737. The van der Waals surface area contributed by atoms with Gasteiger partial charge in [0.05, 0.1) is 0 Å². The number of hydrogen-bond donors (Lipinski definition) is 0. The van der Waals surface area contributed by atoms with Crippen LogP contribution in [0.2, 0.25) is 0 Å². The van der Waals surface area contributed by atoms with Gasteiger partial charge in [-0.2, -0.15) is 0 Å². The summed E-state index contributed by atoms with van der Waals surface area (Å²) in [4.78, 5) is 11.6. The summed E-state index contributed by atoms with van der Waals surface area (Å²) < 4.78 is 5.51. The van der Waals surface area contributed by atoms with Crippen LogP contribution in [0.5, 0.6) is 0 Å². The molecule has 1 heterocycles. The molecule has 2 fully saturated rings. The Morgan fingerprint density at radius 2 is 2.00 bits per heavy atom. The van der Waals surface area contributed by atoms with Crippen LogP contribution in [-0.2, 0) is 9.53 Å². The zero-order chi connectivity index (χ0) is 14.8. The molecule has 0 aromatic carbocycles. The van der Waals surface area contributed by atoms with Crippen LogP contribution < -0.4 is 0 Å². The largest absolute Gasteiger partial charge is 0.454 e. The van der Waals surface area contributed by atoms with Crippen molar-refractivity contribution in [3.05, 3.63) is 23.3 Å². The lowest BCUT2D eigenvalue weighted by Crippen LogP contribution is -2.51. The predicted molar refractivity (Wildman–Crippen MR) is 82.6 cm³/mol. The monoisotopic (exact) mass is 286 g/mol. The summed E-state index contributed by atoms with van der Waals surface area (Å²) in [5, 5.41) is 0. The van der Waals surface area contributed by atoms with Crippen molar-refractivity contribution in [1.29, 1.82) is 0 Å². The summed E-state index contributed by atoms with van der Waals surface area (Å²) in [6, 6.07) is 0. The predicted octanol–water partition coefficient (Wildman–Crippen LogP) is 4.41. The highest BCUT2D eigenvalue weighted by molar-refractivity contribution is 5.87. The summed E-state index contributed by atoms with van der Waals surface area (Å²) in [7, 11) is 0. The van der Waals surface area contributed by atoms with Gasteiger partial charge in [-0.05, 0) is 60.3 Å². The first kappa shape index (κ1) is 13.6. The minimum atomic E-state index is -0.142. The van der Waals surface area contributed by atoms with Crippen LogP contribution >= 0.6 is 0 Å². The molecule has 0 bridgehead atoms. The quantitative estimate of drug-likeness (QED) is 0.616. The highest BCUT2D eigenvalue weighted by atomic mass is 16.5. The maximum Gasteiger partial charge on any atom is 0.331 e. The van der Waals surface area contributed by atoms with Crippen molar-refractivity contribution in [3.63, 3.8) is 0 Å². The van der Waals surface area contributed by atoms with E-state index in [1.54, 1.807) is 11.6 Å². The molecule has 2 saturated carbocycles. The Morgan fingerprint density at radius 3 is 2.81 bits per heavy atom. The molecule has 0 amide bonds. The highest BCUT2D eigenvalue weighted by Crippen LogP contribution is 2.63. The average Bonchev–Trinajstić information content (AvgIpc) is 2.75. The molecule has 4 aliphatic rings. The number of hydrogen-bond acceptors (Lipinski definition) is 2. The van der Waals surface area contributed by atoms with Crippen LogP contribution in [0.15, 0.2) is 23.3 Å². The lowest BCUT2D eigenvalue weighted by molar-refractivity contribution is -0.140. The summed E-state index contributed by atoms with van der Waals surface area (Å²) in [6.45, 7) is 7.45. The van der Waals surface area contributed by atoms with E-state index in [2.05, 4.69) is 26.8 Å². The van der Waals surface area contributed by atoms with Crippen molar-refractivity contribution in [3.8, 4) is 0 Å². The molecule has 21 heavy (non-hydrogen) atoms. The maximum atomic E-state index is 11.6. The normalized spacial score (nSPS) is 44.0. The summed E-state index contributed by atoms with van der Waals surface area (Å²) >= 11 is 0. The van der Waals surface area contributed by atoms with Gasteiger partial charge in [-0.1, -0.05) is 38.8 Å². The smallest absolute Gasteiger partial charge is 0.331 e. The Morgan fingerprint density at radius 1 is 1.19 bits per heavy atom. The minimum absolute atomic E-state index is 0.0341. The molecule has 0 aromatic rings. The topological polar surface area (TPSA) is 26.3 Å². The van der Waals surface area contributed by atoms with Gasteiger partial charge in [0, 0.05) is 6.08 Å². The van der Waals surface area contributed by atoms with Gasteiger partial charge in [0.1, 0.15) is 6.10 Å². The van der Waals surface area contributed by atoms with Crippen LogP contribution in [0.25, 0.3) is 0 Å². The van der Waals surface area contributed by atoms with Crippen molar-refractivity contribution in [2.24, 2.45) is 22.7 Å². The van der Waals surface area contributed by atoms with Crippen LogP contribution in [-0.4, -0.2) is 12.1 Å². The first-order chi connectivity index (χ1) is 9.90. The van der Waals surface area contributed by atoms with Crippen LogP contribution in [0.1, 0.15) is 59.3 Å². The summed E-state index contributed by atoms with van der Waals surface area (Å²) in [6.07, 6.45) is 11.6. The number of carbonyl (C=O) groups excluding carboxylic acids is 1. The molecule has 0 N–H and O–H groups in total. The molecule has 3 aliphatic carbocycles. The maximum absolute atomic E-state index is 11.6. The van der Waals surface area contributed by atoms with E-state index in [1.807, 2.05) is 0 Å². The zero-order valence-corrected chi connectivity index (χ0v) is 13.4. The van der Waals surface area contributed by atoms with E-state index < -0.39 is 0 Å². The molecule has 0 spiro atoms. The van der Waals surface area contributed by atoms with E-state index in [4.69, 9.17) is 4.74 Å². The minimum Gasteiger partial charge on any atom is -0.454 e. The Balaban J connectivity index is 1.72. The first-order valence-electron chi connectivity index (χ1n) is 8.53.